The molecule has 0 saturated carbocycles. The molecule has 4 N–H and O–H groups in total. The summed E-state index contributed by atoms with van der Waals surface area (Å²) in [4.78, 5) is 35.0. The number of urea groups is 1. The van der Waals surface area contributed by atoms with Crippen molar-refractivity contribution in [1.29, 1.82) is 0 Å². The number of carbonyl (C=O) groups is 3. The summed E-state index contributed by atoms with van der Waals surface area (Å²) >= 11 is 0. The Hall–Kier alpha value is -3.55. The zero-order chi connectivity index (χ0) is 18.4. The van der Waals surface area contributed by atoms with Crippen LogP contribution in [0, 0.1) is 0 Å². The summed E-state index contributed by atoms with van der Waals surface area (Å²) in [5, 5.41) is 5.04. The fourth-order valence-corrected chi connectivity index (χ4v) is 2.08. The largest absolute Gasteiger partial charge is 0.497 e. The van der Waals surface area contributed by atoms with E-state index >= 15 is 0 Å². The van der Waals surface area contributed by atoms with Gasteiger partial charge in [-0.15, -0.1) is 0 Å². The Bertz CT molecular complexity index is 802. The highest BCUT2D eigenvalue weighted by Gasteiger charge is 2.16. The van der Waals surface area contributed by atoms with Gasteiger partial charge in [0, 0.05) is 11.3 Å². The SMILES string of the molecule is COC(=O)c1cc(OC)ccc1NC(=O)c1ccc(NC(N)=O)cc1. The van der Waals surface area contributed by atoms with Crippen LogP contribution in [-0.2, 0) is 4.74 Å². The van der Waals surface area contributed by atoms with E-state index in [2.05, 4.69) is 10.6 Å². The van der Waals surface area contributed by atoms with Gasteiger partial charge in [-0.3, -0.25) is 4.79 Å². The lowest BCUT2D eigenvalue weighted by atomic mass is 10.1. The molecule has 2 rings (SSSR count). The maximum atomic E-state index is 12.4. The predicted octanol–water partition coefficient (Wildman–Crippen LogP) is 2.22. The second-order valence-electron chi connectivity index (χ2n) is 4.92. The van der Waals surface area contributed by atoms with Gasteiger partial charge in [-0.2, -0.15) is 0 Å². The van der Waals surface area contributed by atoms with Crippen LogP contribution in [0.25, 0.3) is 0 Å². The third kappa shape index (κ3) is 4.47. The van der Waals surface area contributed by atoms with Crippen molar-refractivity contribution in [2.75, 3.05) is 24.9 Å². The molecule has 0 bridgehead atoms. The molecule has 2 aromatic carbocycles. The number of amides is 3. The van der Waals surface area contributed by atoms with Crippen LogP contribution in [0.15, 0.2) is 42.5 Å². The first-order chi connectivity index (χ1) is 11.9. The Morgan fingerprint density at radius 3 is 2.20 bits per heavy atom. The minimum atomic E-state index is -0.696. The number of carbonyl (C=O) groups excluding carboxylic acids is 3. The van der Waals surface area contributed by atoms with Crippen LogP contribution in [0.3, 0.4) is 0 Å². The van der Waals surface area contributed by atoms with Gasteiger partial charge in [0.2, 0.25) is 0 Å². The molecular weight excluding hydrogens is 326 g/mol. The number of ether oxygens (including phenoxy) is 2. The van der Waals surface area contributed by atoms with Crippen LogP contribution in [0.5, 0.6) is 5.75 Å². The zero-order valence-electron chi connectivity index (χ0n) is 13.7. The number of rotatable bonds is 5. The van der Waals surface area contributed by atoms with Crippen molar-refractivity contribution in [1.82, 2.24) is 0 Å². The fourth-order valence-electron chi connectivity index (χ4n) is 2.08. The number of hydrogen-bond donors (Lipinski definition) is 3. The van der Waals surface area contributed by atoms with Gasteiger partial charge in [0.15, 0.2) is 0 Å². The molecule has 0 aliphatic rings. The number of primary amides is 1. The van der Waals surface area contributed by atoms with Crippen molar-refractivity contribution in [3.05, 3.63) is 53.6 Å². The summed E-state index contributed by atoms with van der Waals surface area (Å²) in [6.07, 6.45) is 0. The lowest BCUT2D eigenvalue weighted by Gasteiger charge is -2.11. The summed E-state index contributed by atoms with van der Waals surface area (Å²) in [5.74, 6) is -0.573. The van der Waals surface area contributed by atoms with Gasteiger partial charge in [0.05, 0.1) is 25.5 Å². The maximum Gasteiger partial charge on any atom is 0.340 e. The number of nitrogens with two attached hydrogens (primary N) is 1. The lowest BCUT2D eigenvalue weighted by molar-refractivity contribution is 0.0601. The van der Waals surface area contributed by atoms with Crippen LogP contribution in [0.2, 0.25) is 0 Å². The van der Waals surface area contributed by atoms with E-state index in [9.17, 15) is 14.4 Å². The van der Waals surface area contributed by atoms with Gasteiger partial charge < -0.3 is 25.8 Å². The summed E-state index contributed by atoms with van der Waals surface area (Å²) in [6.45, 7) is 0. The zero-order valence-corrected chi connectivity index (χ0v) is 13.7. The fraction of sp³-hybridized carbons (Fsp3) is 0.118. The van der Waals surface area contributed by atoms with Crippen LogP contribution in [-0.4, -0.2) is 32.1 Å². The summed E-state index contributed by atoms with van der Waals surface area (Å²) < 4.78 is 9.79. The molecule has 8 nitrogen and oxygen atoms in total. The average molecular weight is 343 g/mol. The predicted molar refractivity (Wildman–Crippen MR) is 91.9 cm³/mol. The summed E-state index contributed by atoms with van der Waals surface area (Å²) in [5.41, 5.74) is 6.28. The van der Waals surface area contributed by atoms with Crippen molar-refractivity contribution >= 4 is 29.3 Å². The van der Waals surface area contributed by atoms with E-state index in [-0.39, 0.29) is 11.3 Å². The van der Waals surface area contributed by atoms with Crippen LogP contribution < -0.4 is 21.1 Å². The Labute approximate surface area is 143 Å². The average Bonchev–Trinajstić information content (AvgIpc) is 2.61. The minimum Gasteiger partial charge on any atom is -0.497 e. The van der Waals surface area contributed by atoms with Crippen molar-refractivity contribution in [3.8, 4) is 5.75 Å². The molecule has 0 unspecified atom stereocenters. The molecule has 130 valence electrons. The molecular formula is C17H17N3O5. The normalized spacial score (nSPS) is 9.84. The van der Waals surface area contributed by atoms with Gasteiger partial charge in [0.25, 0.3) is 5.91 Å². The van der Waals surface area contributed by atoms with E-state index in [4.69, 9.17) is 15.2 Å². The number of methoxy groups -OCH3 is 2. The summed E-state index contributed by atoms with van der Waals surface area (Å²) in [7, 11) is 2.72. The number of hydrogen-bond acceptors (Lipinski definition) is 5. The highest BCUT2D eigenvalue weighted by atomic mass is 16.5. The molecule has 0 fully saturated rings. The first kappa shape index (κ1) is 17.8. The molecule has 0 spiro atoms. The van der Waals surface area contributed by atoms with E-state index in [0.29, 0.717) is 17.0 Å². The molecule has 3 amide bonds. The van der Waals surface area contributed by atoms with E-state index in [0.717, 1.165) is 0 Å². The molecule has 25 heavy (non-hydrogen) atoms. The molecule has 0 aromatic heterocycles. The van der Waals surface area contributed by atoms with E-state index in [1.165, 1.54) is 44.6 Å². The van der Waals surface area contributed by atoms with Crippen molar-refractivity contribution in [2.45, 2.75) is 0 Å². The quantitative estimate of drug-likeness (QED) is 0.719. The van der Waals surface area contributed by atoms with Gasteiger partial charge in [-0.05, 0) is 42.5 Å². The van der Waals surface area contributed by atoms with Gasteiger partial charge in [-0.1, -0.05) is 0 Å². The Morgan fingerprint density at radius 1 is 0.960 bits per heavy atom. The van der Waals surface area contributed by atoms with E-state index in [1.807, 2.05) is 0 Å². The lowest BCUT2D eigenvalue weighted by Crippen LogP contribution is -2.19. The van der Waals surface area contributed by atoms with E-state index in [1.54, 1.807) is 12.1 Å². The molecule has 0 aliphatic heterocycles. The molecule has 0 saturated heterocycles. The highest BCUT2D eigenvalue weighted by Crippen LogP contribution is 2.23. The number of anilines is 2. The molecule has 0 aliphatic carbocycles. The number of esters is 1. The minimum absolute atomic E-state index is 0.169. The van der Waals surface area contributed by atoms with Gasteiger partial charge in [0.1, 0.15) is 5.75 Å². The van der Waals surface area contributed by atoms with Gasteiger partial charge >= 0.3 is 12.0 Å². The van der Waals surface area contributed by atoms with Crippen LogP contribution >= 0.6 is 0 Å². The van der Waals surface area contributed by atoms with Crippen LogP contribution in [0.1, 0.15) is 20.7 Å². The summed E-state index contributed by atoms with van der Waals surface area (Å²) in [6, 6.07) is 10.0. The smallest absolute Gasteiger partial charge is 0.340 e. The monoisotopic (exact) mass is 343 g/mol. The van der Waals surface area contributed by atoms with Crippen molar-refractivity contribution in [2.24, 2.45) is 5.73 Å². The molecule has 8 heteroatoms. The topological polar surface area (TPSA) is 120 Å². The third-order valence-electron chi connectivity index (χ3n) is 3.29. The van der Waals surface area contributed by atoms with Crippen molar-refractivity contribution in [3.63, 3.8) is 0 Å². The molecule has 2 aromatic rings. The second kappa shape index (κ2) is 7.82. The molecule has 0 radical (unpaired) electrons. The third-order valence-corrected chi connectivity index (χ3v) is 3.29. The Balaban J connectivity index is 2.22. The number of nitrogens with one attached hydrogen (secondary N) is 2. The molecule has 0 heterocycles. The Morgan fingerprint density at radius 2 is 1.64 bits per heavy atom. The van der Waals surface area contributed by atoms with Crippen molar-refractivity contribution < 1.29 is 23.9 Å². The second-order valence-corrected chi connectivity index (χ2v) is 4.92. The molecule has 0 atom stereocenters. The van der Waals surface area contributed by atoms with Crippen LogP contribution in [0.4, 0.5) is 16.2 Å². The first-order valence-corrected chi connectivity index (χ1v) is 7.19. The number of benzene rings is 2. The van der Waals surface area contributed by atoms with Gasteiger partial charge in [-0.25, -0.2) is 9.59 Å². The standard InChI is InChI=1S/C17H17N3O5/c1-24-12-7-8-14(13(9-12)16(22)25-2)20-15(21)10-3-5-11(6-4-10)19-17(18)23/h3-9H,1-2H3,(H,20,21)(H3,18,19,23). The first-order valence-electron chi connectivity index (χ1n) is 7.19. The van der Waals surface area contributed by atoms with E-state index < -0.39 is 17.9 Å². The Kier molecular flexibility index (Phi) is 5.57. The highest BCUT2D eigenvalue weighted by molar-refractivity contribution is 6.08. The maximum absolute atomic E-state index is 12.4.